The minimum Gasteiger partial charge on any atom is -0.485 e. The zero-order valence-electron chi connectivity index (χ0n) is 16.1. The lowest BCUT2D eigenvalue weighted by Gasteiger charge is -2.24. The van der Waals surface area contributed by atoms with Gasteiger partial charge in [0.2, 0.25) is 12.0 Å². The molecule has 0 spiro atoms. The normalized spacial score (nSPS) is 15.3. The van der Waals surface area contributed by atoms with E-state index in [9.17, 15) is 4.79 Å². The first-order chi connectivity index (χ1) is 14.1. The van der Waals surface area contributed by atoms with E-state index < -0.39 is 12.0 Å². The molecular weight excluding hydrogens is 390 g/mol. The Morgan fingerprint density at radius 3 is 2.66 bits per heavy atom. The molecule has 0 fully saturated rings. The minimum absolute atomic E-state index is 0.0412. The predicted octanol–water partition coefficient (Wildman–Crippen LogP) is 3.94. The number of thioether (sulfide) groups is 1. The summed E-state index contributed by atoms with van der Waals surface area (Å²) in [5.41, 5.74) is 1.06. The summed E-state index contributed by atoms with van der Waals surface area (Å²) in [5.74, 6) is 1.18. The van der Waals surface area contributed by atoms with E-state index in [1.54, 1.807) is 12.1 Å². The smallest absolute Gasteiger partial charge is 0.322 e. The summed E-state index contributed by atoms with van der Waals surface area (Å²) in [6.45, 7) is 4.44. The number of ether oxygens (including phenoxy) is 2. The standard InChI is InChI=1S/C21H21N3O4S/c1-13(2)29-15-9-7-14(8-10-15)11-19-23-24-21(28-19)22-20(25)18-12-26-16-5-3-4-6-17(16)27-18/h3-10,13,18H,11-12H2,1-2H3,(H,22,24,25). The lowest BCUT2D eigenvalue weighted by molar-refractivity contribution is -0.125. The van der Waals surface area contributed by atoms with Crippen LogP contribution in [0.3, 0.4) is 0 Å². The van der Waals surface area contributed by atoms with Gasteiger partial charge in [0.05, 0.1) is 6.42 Å². The molecule has 1 N–H and O–H groups in total. The maximum atomic E-state index is 12.4. The van der Waals surface area contributed by atoms with Gasteiger partial charge < -0.3 is 13.9 Å². The van der Waals surface area contributed by atoms with Gasteiger partial charge in [0.25, 0.3) is 5.91 Å². The molecular formula is C21H21N3O4S. The summed E-state index contributed by atoms with van der Waals surface area (Å²) in [5, 5.41) is 11.0. The van der Waals surface area contributed by atoms with E-state index in [2.05, 4.69) is 41.5 Å². The van der Waals surface area contributed by atoms with Crippen LogP contribution in [-0.2, 0) is 11.2 Å². The third-order valence-electron chi connectivity index (χ3n) is 4.15. The highest BCUT2D eigenvalue weighted by atomic mass is 32.2. The van der Waals surface area contributed by atoms with Crippen molar-refractivity contribution in [2.75, 3.05) is 11.9 Å². The maximum absolute atomic E-state index is 12.4. The highest BCUT2D eigenvalue weighted by Crippen LogP contribution is 2.31. The number of rotatable bonds is 6. The number of nitrogens with one attached hydrogen (secondary N) is 1. The summed E-state index contributed by atoms with van der Waals surface area (Å²) in [6, 6.07) is 15.5. The lowest BCUT2D eigenvalue weighted by Crippen LogP contribution is -2.40. The van der Waals surface area contributed by atoms with Crippen LogP contribution in [-0.4, -0.2) is 34.1 Å². The third kappa shape index (κ3) is 4.89. The molecule has 4 rings (SSSR count). The molecule has 3 aromatic rings. The highest BCUT2D eigenvalue weighted by Gasteiger charge is 2.28. The second-order valence-corrected chi connectivity index (χ2v) is 8.49. The number of carbonyl (C=O) groups excluding carboxylic acids is 1. The molecule has 1 aliphatic rings. The molecule has 0 saturated heterocycles. The van der Waals surface area contributed by atoms with E-state index in [1.807, 2.05) is 36.0 Å². The molecule has 7 nitrogen and oxygen atoms in total. The summed E-state index contributed by atoms with van der Waals surface area (Å²) < 4.78 is 16.8. The van der Waals surface area contributed by atoms with Crippen molar-refractivity contribution in [2.45, 2.75) is 36.5 Å². The first kappa shape index (κ1) is 19.3. The van der Waals surface area contributed by atoms with E-state index >= 15 is 0 Å². The first-order valence-corrected chi connectivity index (χ1v) is 10.2. The second kappa shape index (κ2) is 8.57. The highest BCUT2D eigenvalue weighted by molar-refractivity contribution is 7.99. The molecule has 0 saturated carbocycles. The quantitative estimate of drug-likeness (QED) is 0.615. The molecule has 2 aromatic carbocycles. The molecule has 0 aliphatic carbocycles. The summed E-state index contributed by atoms with van der Waals surface area (Å²) in [6.07, 6.45) is -0.294. The Bertz CT molecular complexity index is 988. The first-order valence-electron chi connectivity index (χ1n) is 9.34. The van der Waals surface area contributed by atoms with Gasteiger partial charge in [-0.05, 0) is 29.8 Å². The lowest BCUT2D eigenvalue weighted by atomic mass is 10.1. The van der Waals surface area contributed by atoms with Gasteiger partial charge in [-0.15, -0.1) is 16.9 Å². The van der Waals surface area contributed by atoms with E-state index in [-0.39, 0.29) is 12.6 Å². The largest absolute Gasteiger partial charge is 0.485 e. The van der Waals surface area contributed by atoms with Crippen molar-refractivity contribution >= 4 is 23.7 Å². The van der Waals surface area contributed by atoms with Crippen LogP contribution in [0.1, 0.15) is 25.3 Å². The molecule has 2 heterocycles. The van der Waals surface area contributed by atoms with Crippen molar-refractivity contribution in [1.82, 2.24) is 10.2 Å². The number of hydrogen-bond donors (Lipinski definition) is 1. The summed E-state index contributed by atoms with van der Waals surface area (Å²) in [7, 11) is 0. The molecule has 0 radical (unpaired) electrons. The summed E-state index contributed by atoms with van der Waals surface area (Å²) >= 11 is 1.81. The maximum Gasteiger partial charge on any atom is 0.322 e. The van der Waals surface area contributed by atoms with Crippen LogP contribution in [0.4, 0.5) is 6.01 Å². The van der Waals surface area contributed by atoms with Crippen LogP contribution in [0.25, 0.3) is 0 Å². The number of anilines is 1. The van der Waals surface area contributed by atoms with Gasteiger partial charge in [-0.3, -0.25) is 10.1 Å². The Morgan fingerprint density at radius 1 is 1.14 bits per heavy atom. The van der Waals surface area contributed by atoms with E-state index in [1.165, 1.54) is 4.90 Å². The number of hydrogen-bond acceptors (Lipinski definition) is 7. The van der Waals surface area contributed by atoms with Crippen LogP contribution in [0.5, 0.6) is 11.5 Å². The fourth-order valence-electron chi connectivity index (χ4n) is 2.84. The fraction of sp³-hybridized carbons (Fsp3) is 0.286. The van der Waals surface area contributed by atoms with E-state index in [4.69, 9.17) is 13.9 Å². The SMILES string of the molecule is CC(C)Sc1ccc(Cc2nnc(NC(=O)C3COc4ccccc4O3)o2)cc1. The van der Waals surface area contributed by atoms with Gasteiger partial charge >= 0.3 is 6.01 Å². The second-order valence-electron chi connectivity index (χ2n) is 6.84. The number of carbonyl (C=O) groups is 1. The Morgan fingerprint density at radius 2 is 1.90 bits per heavy atom. The average molecular weight is 411 g/mol. The van der Waals surface area contributed by atoms with Crippen LogP contribution in [0, 0.1) is 0 Å². The molecule has 1 amide bonds. The van der Waals surface area contributed by atoms with Gasteiger partial charge in [0.1, 0.15) is 6.61 Å². The number of amides is 1. The number of nitrogens with zero attached hydrogens (tertiary/aromatic N) is 2. The Labute approximate surface area is 172 Å². The molecule has 1 unspecified atom stereocenters. The Hall–Kier alpha value is -3.00. The number of aromatic nitrogens is 2. The van der Waals surface area contributed by atoms with Crippen molar-refractivity contribution in [3.8, 4) is 11.5 Å². The van der Waals surface area contributed by atoms with Crippen molar-refractivity contribution < 1.29 is 18.7 Å². The monoisotopic (exact) mass is 411 g/mol. The van der Waals surface area contributed by atoms with Crippen molar-refractivity contribution in [3.63, 3.8) is 0 Å². The predicted molar refractivity (Wildman–Crippen MR) is 110 cm³/mol. The topological polar surface area (TPSA) is 86.5 Å². The Kier molecular flexibility index (Phi) is 5.71. The van der Waals surface area contributed by atoms with Crippen LogP contribution >= 0.6 is 11.8 Å². The number of benzene rings is 2. The van der Waals surface area contributed by atoms with Crippen LogP contribution in [0.2, 0.25) is 0 Å². The van der Waals surface area contributed by atoms with Gasteiger partial charge in [0.15, 0.2) is 11.5 Å². The molecule has 150 valence electrons. The molecule has 1 aliphatic heterocycles. The van der Waals surface area contributed by atoms with E-state index in [0.717, 1.165) is 5.56 Å². The van der Waals surface area contributed by atoms with Gasteiger partial charge in [-0.1, -0.05) is 43.2 Å². The van der Waals surface area contributed by atoms with Crippen molar-refractivity contribution in [2.24, 2.45) is 0 Å². The molecule has 1 atom stereocenters. The number of fused-ring (bicyclic) bond motifs is 1. The third-order valence-corrected chi connectivity index (χ3v) is 5.16. The van der Waals surface area contributed by atoms with E-state index in [0.29, 0.717) is 29.1 Å². The summed E-state index contributed by atoms with van der Waals surface area (Å²) in [4.78, 5) is 13.6. The molecule has 0 bridgehead atoms. The number of para-hydroxylation sites is 2. The molecule has 1 aromatic heterocycles. The zero-order valence-corrected chi connectivity index (χ0v) is 16.9. The molecule has 29 heavy (non-hydrogen) atoms. The van der Waals surface area contributed by atoms with Crippen LogP contribution < -0.4 is 14.8 Å². The van der Waals surface area contributed by atoms with Crippen molar-refractivity contribution in [1.29, 1.82) is 0 Å². The molecule has 8 heteroatoms. The average Bonchev–Trinajstić information content (AvgIpc) is 3.15. The Balaban J connectivity index is 1.34. The zero-order chi connectivity index (χ0) is 20.2. The van der Waals surface area contributed by atoms with Gasteiger partial charge in [-0.2, -0.15) is 0 Å². The van der Waals surface area contributed by atoms with Crippen LogP contribution in [0.15, 0.2) is 57.8 Å². The van der Waals surface area contributed by atoms with Gasteiger partial charge in [-0.25, -0.2) is 0 Å². The fourth-order valence-corrected chi connectivity index (χ4v) is 3.68. The van der Waals surface area contributed by atoms with Crippen molar-refractivity contribution in [3.05, 3.63) is 60.0 Å². The minimum atomic E-state index is -0.786. The van der Waals surface area contributed by atoms with Gasteiger partial charge in [0, 0.05) is 10.1 Å².